The van der Waals surface area contributed by atoms with Crippen molar-refractivity contribution in [3.8, 4) is 5.88 Å². The molecule has 0 fully saturated rings. The zero-order valence-electron chi connectivity index (χ0n) is 14.6. The zero-order chi connectivity index (χ0) is 19.1. The Morgan fingerprint density at radius 2 is 2.11 bits per heavy atom. The molecular formula is C19H15FN4O2S. The highest BCUT2D eigenvalue weighted by atomic mass is 32.1. The van der Waals surface area contributed by atoms with Crippen molar-refractivity contribution in [1.29, 1.82) is 0 Å². The van der Waals surface area contributed by atoms with Gasteiger partial charge in [-0.15, -0.1) is 0 Å². The van der Waals surface area contributed by atoms with Crippen LogP contribution >= 0.6 is 11.3 Å². The van der Waals surface area contributed by atoms with Crippen LogP contribution in [-0.4, -0.2) is 20.6 Å². The first-order chi connectivity index (χ1) is 13.0. The number of benzene rings is 1. The number of aromatic nitrogens is 2. The number of nitrogens with zero attached hydrogens (tertiary/aromatic N) is 4. The third kappa shape index (κ3) is 2.97. The van der Waals surface area contributed by atoms with Gasteiger partial charge in [0, 0.05) is 17.5 Å². The third-order valence-electron chi connectivity index (χ3n) is 4.17. The number of hydrogen-bond acceptors (Lipinski definition) is 5. The molecule has 1 aliphatic rings. The molecule has 0 atom stereocenters. The van der Waals surface area contributed by atoms with Gasteiger partial charge in [-0.05, 0) is 44.2 Å². The summed E-state index contributed by atoms with van der Waals surface area (Å²) in [5.41, 5.74) is 1.01. The van der Waals surface area contributed by atoms with E-state index in [0.717, 1.165) is 17.0 Å². The number of carbonyl (C=O) groups excluding carboxylic acids is 1. The number of hydrogen-bond donors (Lipinski definition) is 1. The van der Waals surface area contributed by atoms with E-state index in [4.69, 9.17) is 0 Å². The van der Waals surface area contributed by atoms with E-state index in [1.807, 2.05) is 26.0 Å². The summed E-state index contributed by atoms with van der Waals surface area (Å²) in [6.07, 6.45) is 0. The first-order valence-electron chi connectivity index (χ1n) is 8.32. The Bertz CT molecular complexity index is 1270. The number of aromatic hydroxyl groups is 1. The van der Waals surface area contributed by atoms with E-state index in [2.05, 4.69) is 15.0 Å². The lowest BCUT2D eigenvalue weighted by Gasteiger charge is -2.01. The van der Waals surface area contributed by atoms with E-state index in [0.29, 0.717) is 32.6 Å². The fraction of sp³-hybridized carbons (Fsp3) is 0.158. The molecule has 0 spiro atoms. The Hall–Kier alpha value is -3.13. The summed E-state index contributed by atoms with van der Waals surface area (Å²) in [7, 11) is 0. The summed E-state index contributed by atoms with van der Waals surface area (Å²) in [6.45, 7) is 4.17. The highest BCUT2D eigenvalue weighted by molar-refractivity contribution is 7.11. The van der Waals surface area contributed by atoms with E-state index in [1.54, 1.807) is 10.6 Å². The van der Waals surface area contributed by atoms with Crippen LogP contribution in [0.25, 0.3) is 5.57 Å². The van der Waals surface area contributed by atoms with E-state index in [-0.39, 0.29) is 11.5 Å². The number of fused-ring (bicyclic) bond motifs is 1. The minimum absolute atomic E-state index is 0.0930. The molecule has 0 bridgehead atoms. The van der Waals surface area contributed by atoms with E-state index in [1.165, 1.54) is 18.2 Å². The summed E-state index contributed by atoms with van der Waals surface area (Å²) in [5.74, 6) is -0.562. The average Bonchev–Trinajstić information content (AvgIpc) is 3.10. The predicted octanol–water partition coefficient (Wildman–Crippen LogP) is 1.71. The van der Waals surface area contributed by atoms with Crippen LogP contribution < -0.4 is 15.4 Å². The summed E-state index contributed by atoms with van der Waals surface area (Å²) >= 11 is 1.15. The van der Waals surface area contributed by atoms with Crippen LogP contribution in [0.4, 0.5) is 10.2 Å². The Balaban J connectivity index is 1.99. The largest absolute Gasteiger partial charge is 0.493 e. The molecule has 136 valence electrons. The monoisotopic (exact) mass is 382 g/mol. The number of rotatable bonds is 3. The molecule has 1 amide bonds. The molecule has 3 heterocycles. The molecule has 0 saturated heterocycles. The zero-order valence-corrected chi connectivity index (χ0v) is 15.4. The minimum Gasteiger partial charge on any atom is -0.493 e. The molecule has 4 rings (SSSR count). The van der Waals surface area contributed by atoms with Crippen molar-refractivity contribution in [2.45, 2.75) is 20.4 Å². The van der Waals surface area contributed by atoms with Gasteiger partial charge in [0.15, 0.2) is 10.6 Å². The number of amides is 1. The maximum atomic E-state index is 13.7. The van der Waals surface area contributed by atoms with Crippen molar-refractivity contribution in [3.63, 3.8) is 0 Å². The summed E-state index contributed by atoms with van der Waals surface area (Å²) < 4.78 is 15.3. The van der Waals surface area contributed by atoms with Crippen LogP contribution in [-0.2, 0) is 11.3 Å². The molecule has 1 aliphatic heterocycles. The molecule has 6 nitrogen and oxygen atoms in total. The van der Waals surface area contributed by atoms with Gasteiger partial charge in [0.2, 0.25) is 5.88 Å². The van der Waals surface area contributed by atoms with Crippen LogP contribution in [0.3, 0.4) is 0 Å². The number of thiazole rings is 1. The molecule has 27 heavy (non-hydrogen) atoms. The van der Waals surface area contributed by atoms with Gasteiger partial charge in [0.25, 0.3) is 5.91 Å². The van der Waals surface area contributed by atoms with Crippen molar-refractivity contribution < 1.29 is 14.3 Å². The first-order valence-corrected chi connectivity index (χ1v) is 9.14. The van der Waals surface area contributed by atoms with Crippen molar-refractivity contribution in [1.82, 2.24) is 9.55 Å². The second kappa shape index (κ2) is 6.55. The lowest BCUT2D eigenvalue weighted by atomic mass is 10.1. The van der Waals surface area contributed by atoms with Gasteiger partial charge in [0.05, 0.1) is 10.9 Å². The highest BCUT2D eigenvalue weighted by Gasteiger charge is 2.25. The quantitative estimate of drug-likeness (QED) is 0.749. The molecule has 8 heteroatoms. The van der Waals surface area contributed by atoms with Crippen LogP contribution in [0.1, 0.15) is 17.5 Å². The van der Waals surface area contributed by atoms with Crippen LogP contribution in [0.2, 0.25) is 0 Å². The fourth-order valence-electron chi connectivity index (χ4n) is 2.93. The van der Waals surface area contributed by atoms with Crippen LogP contribution in [0.5, 0.6) is 5.88 Å². The Kier molecular flexibility index (Phi) is 4.19. The second-order valence-corrected chi connectivity index (χ2v) is 6.96. The molecule has 0 radical (unpaired) electrons. The summed E-state index contributed by atoms with van der Waals surface area (Å²) in [4.78, 5) is 26.0. The number of carbonyl (C=O) groups is 1. The number of pyridine rings is 1. The van der Waals surface area contributed by atoms with E-state index in [9.17, 15) is 14.3 Å². The second-order valence-electron chi connectivity index (χ2n) is 5.98. The SMILES string of the molecule is CCn1c(O)c(C2=c3cc(F)ccc3=NC2=O)s/c1=N/c1cccc(C)n1. The standard InChI is InChI=1S/C19H15FN4O2S/c1-3-24-18(26)16(27-19(24)23-14-6-4-5-10(2)21-14)15-12-9-11(20)7-8-13(12)22-17(15)25/h4-9,26H,3H2,1-2H3/b23-19+. The molecular weight excluding hydrogens is 367 g/mol. The van der Waals surface area contributed by atoms with E-state index < -0.39 is 11.7 Å². The average molecular weight is 382 g/mol. The van der Waals surface area contributed by atoms with Crippen molar-refractivity contribution >= 4 is 28.6 Å². The van der Waals surface area contributed by atoms with Gasteiger partial charge in [-0.3, -0.25) is 9.36 Å². The molecule has 0 saturated carbocycles. The fourth-order valence-corrected chi connectivity index (χ4v) is 4.08. The number of aryl methyl sites for hydroxylation is 1. The van der Waals surface area contributed by atoms with Crippen LogP contribution in [0, 0.1) is 12.7 Å². The summed E-state index contributed by atoms with van der Waals surface area (Å²) in [6, 6.07) is 9.44. The molecule has 0 aliphatic carbocycles. The predicted molar refractivity (Wildman–Crippen MR) is 98.5 cm³/mol. The van der Waals surface area contributed by atoms with E-state index >= 15 is 0 Å². The maximum absolute atomic E-state index is 13.7. The lowest BCUT2D eigenvalue weighted by molar-refractivity contribution is -0.112. The van der Waals surface area contributed by atoms with Crippen molar-refractivity contribution in [2.24, 2.45) is 9.98 Å². The van der Waals surface area contributed by atoms with Gasteiger partial charge >= 0.3 is 0 Å². The maximum Gasteiger partial charge on any atom is 0.279 e. The van der Waals surface area contributed by atoms with Gasteiger partial charge in [-0.1, -0.05) is 17.4 Å². The first kappa shape index (κ1) is 17.3. The Morgan fingerprint density at radius 1 is 1.30 bits per heavy atom. The molecule has 1 N–H and O–H groups in total. The third-order valence-corrected chi connectivity index (χ3v) is 5.26. The van der Waals surface area contributed by atoms with Gasteiger partial charge in [-0.2, -0.15) is 0 Å². The highest BCUT2D eigenvalue weighted by Crippen LogP contribution is 2.28. The normalized spacial score (nSPS) is 13.8. The minimum atomic E-state index is -0.504. The van der Waals surface area contributed by atoms with Crippen molar-refractivity contribution in [2.75, 3.05) is 0 Å². The van der Waals surface area contributed by atoms with Crippen LogP contribution in [0.15, 0.2) is 46.4 Å². The lowest BCUT2D eigenvalue weighted by Crippen LogP contribution is -2.23. The van der Waals surface area contributed by atoms with Gasteiger partial charge in [-0.25, -0.2) is 19.4 Å². The smallest absolute Gasteiger partial charge is 0.279 e. The van der Waals surface area contributed by atoms with Crippen molar-refractivity contribution in [3.05, 3.63) is 68.2 Å². The summed E-state index contributed by atoms with van der Waals surface area (Å²) in [5, 5.41) is 11.5. The van der Waals surface area contributed by atoms with Gasteiger partial charge in [0.1, 0.15) is 10.7 Å². The molecule has 2 aromatic heterocycles. The number of halogens is 1. The molecule has 3 aromatic rings. The Labute approximate surface area is 157 Å². The Morgan fingerprint density at radius 3 is 2.85 bits per heavy atom. The molecule has 1 aromatic carbocycles. The topological polar surface area (TPSA) is 79.8 Å². The molecule has 0 unspecified atom stereocenters. The van der Waals surface area contributed by atoms with Gasteiger partial charge < -0.3 is 5.11 Å².